The van der Waals surface area contributed by atoms with Crippen molar-refractivity contribution in [2.75, 3.05) is 19.8 Å². The molecule has 0 bridgehead atoms. The van der Waals surface area contributed by atoms with Crippen molar-refractivity contribution >= 4 is 28.9 Å². The molecule has 2 aliphatic rings. The number of fused-ring (bicyclic) bond motifs is 1. The number of nitrogens with zero attached hydrogens (tertiary/aromatic N) is 3. The highest BCUT2D eigenvalue weighted by molar-refractivity contribution is 6.00. The van der Waals surface area contributed by atoms with Crippen LogP contribution < -0.4 is 14.8 Å². The van der Waals surface area contributed by atoms with Crippen molar-refractivity contribution in [1.29, 1.82) is 0 Å². The van der Waals surface area contributed by atoms with E-state index in [4.69, 9.17) is 14.2 Å². The summed E-state index contributed by atoms with van der Waals surface area (Å²) in [5, 5.41) is 12.0. The molecular formula is C23H30N4O7. The smallest absolute Gasteiger partial charge is 0.407 e. The van der Waals surface area contributed by atoms with E-state index in [1.807, 2.05) is 20.8 Å². The zero-order chi connectivity index (χ0) is 24.6. The first-order chi connectivity index (χ1) is 16.0. The van der Waals surface area contributed by atoms with Crippen LogP contribution in [0.1, 0.15) is 33.6 Å². The van der Waals surface area contributed by atoms with E-state index in [0.29, 0.717) is 23.4 Å². The Morgan fingerprint density at radius 2 is 2.09 bits per heavy atom. The maximum atomic E-state index is 12.1. The van der Waals surface area contributed by atoms with E-state index in [9.17, 15) is 19.5 Å². The van der Waals surface area contributed by atoms with Gasteiger partial charge in [0, 0.05) is 19.9 Å². The molecule has 4 rings (SSSR count). The van der Waals surface area contributed by atoms with Crippen LogP contribution in [-0.4, -0.2) is 75.5 Å². The molecule has 0 aliphatic carbocycles. The average molecular weight is 475 g/mol. The number of morpholine rings is 1. The van der Waals surface area contributed by atoms with Gasteiger partial charge in [0.1, 0.15) is 24.0 Å². The second-order valence-corrected chi connectivity index (χ2v) is 9.72. The Kier molecular flexibility index (Phi) is 6.39. The number of hydrogen-bond acceptors (Lipinski definition) is 7. The molecule has 2 saturated heterocycles. The van der Waals surface area contributed by atoms with Crippen LogP contribution in [-0.2, 0) is 21.4 Å². The zero-order valence-corrected chi connectivity index (χ0v) is 19.7. The summed E-state index contributed by atoms with van der Waals surface area (Å²) < 4.78 is 19.5. The molecule has 0 radical (unpaired) electrons. The van der Waals surface area contributed by atoms with Crippen molar-refractivity contribution in [3.8, 4) is 11.8 Å². The summed E-state index contributed by atoms with van der Waals surface area (Å²) in [5.74, 6) is -0.259. The lowest BCUT2D eigenvalue weighted by Crippen LogP contribution is -2.57. The number of hydrogen-bond donors (Lipinski definition) is 2. The first-order valence-corrected chi connectivity index (χ1v) is 11.2. The summed E-state index contributed by atoms with van der Waals surface area (Å²) in [5.41, 5.74) is 1.04. The minimum Gasteiger partial charge on any atom is -0.489 e. The lowest BCUT2D eigenvalue weighted by Gasteiger charge is -2.44. The van der Waals surface area contributed by atoms with Crippen molar-refractivity contribution in [3.05, 3.63) is 18.2 Å². The van der Waals surface area contributed by atoms with Gasteiger partial charge in [0.05, 0.1) is 24.7 Å². The lowest BCUT2D eigenvalue weighted by atomic mass is 9.85. The highest BCUT2D eigenvalue weighted by Gasteiger charge is 2.39. The number of amides is 3. The summed E-state index contributed by atoms with van der Waals surface area (Å²) in [6.45, 7) is 6.64. The number of rotatable bonds is 5. The highest BCUT2D eigenvalue weighted by atomic mass is 16.5. The van der Waals surface area contributed by atoms with Crippen LogP contribution in [0.4, 0.5) is 4.79 Å². The van der Waals surface area contributed by atoms with E-state index >= 15 is 0 Å². The van der Waals surface area contributed by atoms with Gasteiger partial charge in [-0.25, -0.2) is 4.79 Å². The molecule has 3 heterocycles. The Hall–Kier alpha value is -3.34. The van der Waals surface area contributed by atoms with Crippen LogP contribution in [0.3, 0.4) is 0 Å². The molecule has 34 heavy (non-hydrogen) atoms. The number of benzene rings is 1. The van der Waals surface area contributed by atoms with Gasteiger partial charge in [-0.3, -0.25) is 24.4 Å². The third-order valence-corrected chi connectivity index (χ3v) is 6.19. The second kappa shape index (κ2) is 9.13. The van der Waals surface area contributed by atoms with Crippen molar-refractivity contribution < 1.29 is 33.7 Å². The van der Waals surface area contributed by atoms with Gasteiger partial charge in [-0.05, 0) is 17.5 Å². The van der Waals surface area contributed by atoms with Gasteiger partial charge in [-0.15, -0.1) is 0 Å². The van der Waals surface area contributed by atoms with Crippen molar-refractivity contribution in [2.45, 2.75) is 51.9 Å². The number of carbonyl (C=O) groups excluding carboxylic acids is 2. The highest BCUT2D eigenvalue weighted by Crippen LogP contribution is 2.31. The van der Waals surface area contributed by atoms with Crippen molar-refractivity contribution in [3.63, 3.8) is 0 Å². The molecule has 2 N–H and O–H groups in total. The van der Waals surface area contributed by atoms with E-state index < -0.39 is 24.2 Å². The van der Waals surface area contributed by atoms with E-state index in [-0.39, 0.29) is 49.4 Å². The van der Waals surface area contributed by atoms with Gasteiger partial charge in [-0.2, -0.15) is 4.98 Å². The molecule has 3 amide bonds. The molecule has 1 aromatic heterocycles. The van der Waals surface area contributed by atoms with Gasteiger partial charge >= 0.3 is 6.09 Å². The molecule has 0 saturated carbocycles. The van der Waals surface area contributed by atoms with Crippen LogP contribution in [0.2, 0.25) is 0 Å². The van der Waals surface area contributed by atoms with Gasteiger partial charge < -0.3 is 19.3 Å². The molecule has 2 fully saturated rings. The number of aromatic nitrogens is 2. The minimum absolute atomic E-state index is 0.161. The van der Waals surface area contributed by atoms with E-state index in [1.165, 1.54) is 4.90 Å². The number of carboxylic acid groups (broad SMARTS) is 1. The zero-order valence-electron chi connectivity index (χ0n) is 19.7. The van der Waals surface area contributed by atoms with Crippen LogP contribution in [0.15, 0.2) is 18.2 Å². The molecule has 0 spiro atoms. The SMILES string of the molecule is Cn1c(O[C@@H]2CCC(=O)NC2=O)nc2cccc(OC[C@H]3CN(C(=O)O)[C@H](C(C)(C)C)CO3)c21. The molecular weight excluding hydrogens is 444 g/mol. The molecule has 184 valence electrons. The first kappa shape index (κ1) is 23.8. The average Bonchev–Trinajstić information content (AvgIpc) is 3.09. The summed E-state index contributed by atoms with van der Waals surface area (Å²) >= 11 is 0. The number of imidazole rings is 1. The van der Waals surface area contributed by atoms with Crippen molar-refractivity contribution in [1.82, 2.24) is 19.8 Å². The number of para-hydroxylation sites is 1. The maximum Gasteiger partial charge on any atom is 0.407 e. The fraction of sp³-hybridized carbons (Fsp3) is 0.565. The van der Waals surface area contributed by atoms with Crippen LogP contribution >= 0.6 is 0 Å². The number of aryl methyl sites for hydroxylation is 1. The fourth-order valence-electron chi connectivity index (χ4n) is 4.28. The number of nitrogens with one attached hydrogen (secondary N) is 1. The second-order valence-electron chi connectivity index (χ2n) is 9.72. The van der Waals surface area contributed by atoms with Gasteiger partial charge in [-0.1, -0.05) is 26.8 Å². The monoisotopic (exact) mass is 474 g/mol. The third kappa shape index (κ3) is 4.79. The normalized spacial score (nSPS) is 23.6. The molecule has 2 aliphatic heterocycles. The van der Waals surface area contributed by atoms with Gasteiger partial charge in [0.2, 0.25) is 5.91 Å². The standard InChI is InChI=1S/C23H30N4O7/c1-23(2,3)17-12-32-13(10-27(17)22(30)31)11-33-15-7-5-6-14-19(15)26(4)21(24-14)34-16-8-9-18(28)25-20(16)29/h5-7,13,16-17H,8-12H2,1-4H3,(H,30,31)(H,25,28,29)/t13-,16-,17+/m1/s1. The van der Waals surface area contributed by atoms with Gasteiger partial charge in [0.25, 0.3) is 11.9 Å². The number of imide groups is 1. The Morgan fingerprint density at radius 1 is 1.32 bits per heavy atom. The van der Waals surface area contributed by atoms with E-state index in [0.717, 1.165) is 0 Å². The quantitative estimate of drug-likeness (QED) is 0.629. The Labute approximate surface area is 197 Å². The van der Waals surface area contributed by atoms with Crippen LogP contribution in [0.25, 0.3) is 11.0 Å². The molecule has 0 unspecified atom stereocenters. The number of carbonyl (C=O) groups is 3. The molecule has 11 nitrogen and oxygen atoms in total. The van der Waals surface area contributed by atoms with Crippen molar-refractivity contribution in [2.24, 2.45) is 12.5 Å². The third-order valence-electron chi connectivity index (χ3n) is 6.19. The van der Waals surface area contributed by atoms with Crippen LogP contribution in [0.5, 0.6) is 11.8 Å². The Balaban J connectivity index is 1.47. The summed E-state index contributed by atoms with van der Waals surface area (Å²) in [6, 6.07) is 5.38. The molecule has 11 heteroatoms. The number of ether oxygens (including phenoxy) is 3. The molecule has 2 aromatic rings. The Morgan fingerprint density at radius 3 is 2.76 bits per heavy atom. The maximum absolute atomic E-state index is 12.1. The minimum atomic E-state index is -0.975. The number of piperidine rings is 1. The van der Waals surface area contributed by atoms with Gasteiger partial charge in [0.15, 0.2) is 6.10 Å². The summed E-state index contributed by atoms with van der Waals surface area (Å²) in [4.78, 5) is 41.1. The molecule has 3 atom stereocenters. The summed E-state index contributed by atoms with van der Waals surface area (Å²) in [7, 11) is 1.75. The predicted molar refractivity (Wildman–Crippen MR) is 121 cm³/mol. The predicted octanol–water partition coefficient (Wildman–Crippen LogP) is 1.93. The van der Waals surface area contributed by atoms with Crippen LogP contribution in [0, 0.1) is 5.41 Å². The first-order valence-electron chi connectivity index (χ1n) is 11.2. The molecule has 1 aromatic carbocycles. The summed E-state index contributed by atoms with van der Waals surface area (Å²) in [6.07, 6.45) is -1.70. The fourth-order valence-corrected chi connectivity index (χ4v) is 4.28. The Bertz CT molecular complexity index is 1110. The van der Waals surface area contributed by atoms with E-state index in [2.05, 4.69) is 10.3 Å². The van der Waals surface area contributed by atoms with E-state index in [1.54, 1.807) is 29.8 Å². The topological polar surface area (TPSA) is 132 Å². The lowest BCUT2D eigenvalue weighted by molar-refractivity contribution is -0.139. The largest absolute Gasteiger partial charge is 0.489 e.